The molecule has 0 radical (unpaired) electrons. The van der Waals surface area contributed by atoms with Gasteiger partial charge in [0, 0.05) is 42.7 Å². The zero-order valence-corrected chi connectivity index (χ0v) is 15.5. The van der Waals surface area contributed by atoms with E-state index in [1.807, 2.05) is 50.7 Å². The SMILES string of the molecule is CCN(CC(=O)Nc1c(C)cccc1C)C(=O)CC1CSCCN1. The number of para-hydroxylation sites is 1. The lowest BCUT2D eigenvalue weighted by atomic mass is 10.1. The standard InChI is InChI=1S/C18H27N3O2S/c1-4-21(17(23)10-15-12-24-9-8-19-15)11-16(22)20-18-13(2)6-5-7-14(18)3/h5-7,15,19H,4,8-12H2,1-3H3,(H,20,22). The van der Waals surface area contributed by atoms with Crippen molar-refractivity contribution < 1.29 is 9.59 Å². The minimum atomic E-state index is -0.145. The Kier molecular flexibility index (Phi) is 7.12. The zero-order chi connectivity index (χ0) is 17.5. The molecule has 2 amide bonds. The zero-order valence-electron chi connectivity index (χ0n) is 14.7. The lowest BCUT2D eigenvalue weighted by Gasteiger charge is -2.26. The van der Waals surface area contributed by atoms with Gasteiger partial charge in [-0.05, 0) is 31.9 Å². The molecular weight excluding hydrogens is 322 g/mol. The molecule has 6 heteroatoms. The molecule has 1 fully saturated rings. The fourth-order valence-electron chi connectivity index (χ4n) is 2.83. The Morgan fingerprint density at radius 3 is 2.62 bits per heavy atom. The van der Waals surface area contributed by atoms with Gasteiger partial charge in [0.15, 0.2) is 0 Å². The third-order valence-electron chi connectivity index (χ3n) is 4.23. The molecule has 0 aromatic heterocycles. The van der Waals surface area contributed by atoms with Gasteiger partial charge in [0.1, 0.15) is 0 Å². The molecule has 24 heavy (non-hydrogen) atoms. The molecule has 1 aromatic carbocycles. The van der Waals surface area contributed by atoms with E-state index in [0.717, 1.165) is 34.9 Å². The molecule has 0 bridgehead atoms. The second-order valence-corrected chi connectivity index (χ2v) is 7.30. The predicted molar refractivity (Wildman–Crippen MR) is 101 cm³/mol. The van der Waals surface area contributed by atoms with Crippen molar-refractivity contribution in [1.29, 1.82) is 0 Å². The van der Waals surface area contributed by atoms with Crippen LogP contribution in [0.3, 0.4) is 0 Å². The van der Waals surface area contributed by atoms with E-state index in [0.29, 0.717) is 13.0 Å². The summed E-state index contributed by atoms with van der Waals surface area (Å²) in [4.78, 5) is 26.4. The Morgan fingerprint density at radius 2 is 2.04 bits per heavy atom. The first kappa shape index (κ1) is 18.8. The molecule has 1 unspecified atom stereocenters. The molecule has 1 heterocycles. The van der Waals surface area contributed by atoms with Gasteiger partial charge in [-0.15, -0.1) is 0 Å². The molecule has 2 N–H and O–H groups in total. The molecule has 2 rings (SSSR count). The molecule has 0 saturated carbocycles. The third-order valence-corrected chi connectivity index (χ3v) is 5.36. The van der Waals surface area contributed by atoms with Gasteiger partial charge in [0.05, 0.1) is 6.54 Å². The number of carbonyl (C=O) groups is 2. The number of amides is 2. The second kappa shape index (κ2) is 9.08. The first-order valence-electron chi connectivity index (χ1n) is 8.46. The summed E-state index contributed by atoms with van der Waals surface area (Å²) in [6.45, 7) is 7.44. The summed E-state index contributed by atoms with van der Waals surface area (Å²) in [5.41, 5.74) is 2.90. The Balaban J connectivity index is 1.91. The number of carbonyl (C=O) groups excluding carboxylic acids is 2. The Morgan fingerprint density at radius 1 is 1.33 bits per heavy atom. The Hall–Kier alpha value is -1.53. The largest absolute Gasteiger partial charge is 0.334 e. The summed E-state index contributed by atoms with van der Waals surface area (Å²) >= 11 is 1.87. The first-order chi connectivity index (χ1) is 11.5. The van der Waals surface area contributed by atoms with Crippen LogP contribution in [0.4, 0.5) is 5.69 Å². The van der Waals surface area contributed by atoms with E-state index >= 15 is 0 Å². The number of hydrogen-bond acceptors (Lipinski definition) is 4. The summed E-state index contributed by atoms with van der Waals surface area (Å²) < 4.78 is 0. The number of aryl methyl sites for hydroxylation is 2. The molecule has 0 spiro atoms. The van der Waals surface area contributed by atoms with Crippen molar-refractivity contribution in [1.82, 2.24) is 10.2 Å². The summed E-state index contributed by atoms with van der Waals surface area (Å²) in [5.74, 6) is 1.95. The van der Waals surface area contributed by atoms with E-state index in [2.05, 4.69) is 10.6 Å². The maximum absolute atomic E-state index is 12.5. The van der Waals surface area contributed by atoms with Gasteiger partial charge in [-0.3, -0.25) is 9.59 Å². The summed E-state index contributed by atoms with van der Waals surface area (Å²) in [6, 6.07) is 6.12. The monoisotopic (exact) mass is 349 g/mol. The number of nitrogens with zero attached hydrogens (tertiary/aromatic N) is 1. The normalized spacial score (nSPS) is 17.4. The number of hydrogen-bond donors (Lipinski definition) is 2. The highest BCUT2D eigenvalue weighted by molar-refractivity contribution is 7.99. The van der Waals surface area contributed by atoms with Crippen LogP contribution in [0.25, 0.3) is 0 Å². The molecule has 5 nitrogen and oxygen atoms in total. The maximum Gasteiger partial charge on any atom is 0.244 e. The van der Waals surface area contributed by atoms with Crippen molar-refractivity contribution in [2.75, 3.05) is 36.5 Å². The molecule has 1 aliphatic rings. The lowest BCUT2D eigenvalue weighted by molar-refractivity contribution is -0.134. The van der Waals surface area contributed by atoms with E-state index in [1.54, 1.807) is 4.90 Å². The topological polar surface area (TPSA) is 61.4 Å². The van der Waals surface area contributed by atoms with E-state index in [4.69, 9.17) is 0 Å². The average Bonchev–Trinajstić information content (AvgIpc) is 2.57. The molecule has 1 aromatic rings. The van der Waals surface area contributed by atoms with Crippen molar-refractivity contribution in [2.45, 2.75) is 33.2 Å². The van der Waals surface area contributed by atoms with E-state index in [9.17, 15) is 9.59 Å². The molecule has 1 saturated heterocycles. The van der Waals surface area contributed by atoms with Crippen LogP contribution >= 0.6 is 11.8 Å². The molecule has 0 aliphatic carbocycles. The number of benzene rings is 1. The van der Waals surface area contributed by atoms with Gasteiger partial charge in [-0.25, -0.2) is 0 Å². The quantitative estimate of drug-likeness (QED) is 0.826. The number of thioether (sulfide) groups is 1. The smallest absolute Gasteiger partial charge is 0.244 e. The van der Waals surface area contributed by atoms with Crippen molar-refractivity contribution in [3.8, 4) is 0 Å². The van der Waals surface area contributed by atoms with Gasteiger partial charge in [0.25, 0.3) is 0 Å². The highest BCUT2D eigenvalue weighted by atomic mass is 32.2. The van der Waals surface area contributed by atoms with Gasteiger partial charge in [-0.2, -0.15) is 11.8 Å². The molecular formula is C18H27N3O2S. The van der Waals surface area contributed by atoms with Crippen LogP contribution in [0, 0.1) is 13.8 Å². The fourth-order valence-corrected chi connectivity index (χ4v) is 3.78. The Bertz CT molecular complexity index is 565. The average molecular weight is 350 g/mol. The van der Waals surface area contributed by atoms with Crippen LogP contribution in [0.15, 0.2) is 18.2 Å². The highest BCUT2D eigenvalue weighted by Gasteiger charge is 2.22. The highest BCUT2D eigenvalue weighted by Crippen LogP contribution is 2.19. The molecule has 132 valence electrons. The van der Waals surface area contributed by atoms with Crippen LogP contribution in [0.2, 0.25) is 0 Å². The summed E-state index contributed by atoms with van der Waals surface area (Å²) in [7, 11) is 0. The number of nitrogens with one attached hydrogen (secondary N) is 2. The maximum atomic E-state index is 12.5. The van der Waals surface area contributed by atoms with Crippen LogP contribution in [-0.4, -0.2) is 53.9 Å². The van der Waals surface area contributed by atoms with E-state index in [1.165, 1.54) is 0 Å². The minimum Gasteiger partial charge on any atom is -0.334 e. The minimum absolute atomic E-state index is 0.0363. The van der Waals surface area contributed by atoms with Crippen LogP contribution < -0.4 is 10.6 Å². The number of anilines is 1. The Labute approximate surface area is 148 Å². The first-order valence-corrected chi connectivity index (χ1v) is 9.61. The lowest BCUT2D eigenvalue weighted by Crippen LogP contribution is -2.44. The summed E-state index contributed by atoms with van der Waals surface area (Å²) in [6.07, 6.45) is 0.456. The van der Waals surface area contributed by atoms with Crippen LogP contribution in [-0.2, 0) is 9.59 Å². The van der Waals surface area contributed by atoms with Gasteiger partial charge in [-0.1, -0.05) is 18.2 Å². The summed E-state index contributed by atoms with van der Waals surface area (Å²) in [5, 5.41) is 6.32. The number of likely N-dealkylation sites (N-methyl/N-ethyl adjacent to an activating group) is 1. The van der Waals surface area contributed by atoms with E-state index in [-0.39, 0.29) is 24.4 Å². The molecule has 1 atom stereocenters. The van der Waals surface area contributed by atoms with Crippen molar-refractivity contribution in [3.05, 3.63) is 29.3 Å². The van der Waals surface area contributed by atoms with E-state index < -0.39 is 0 Å². The van der Waals surface area contributed by atoms with Crippen molar-refractivity contribution in [3.63, 3.8) is 0 Å². The van der Waals surface area contributed by atoms with Gasteiger partial charge >= 0.3 is 0 Å². The fraction of sp³-hybridized carbons (Fsp3) is 0.556. The molecule has 1 aliphatic heterocycles. The van der Waals surface area contributed by atoms with Crippen LogP contribution in [0.5, 0.6) is 0 Å². The van der Waals surface area contributed by atoms with Crippen LogP contribution in [0.1, 0.15) is 24.5 Å². The number of rotatable bonds is 6. The van der Waals surface area contributed by atoms with Crippen molar-refractivity contribution >= 4 is 29.3 Å². The van der Waals surface area contributed by atoms with Gasteiger partial charge < -0.3 is 15.5 Å². The van der Waals surface area contributed by atoms with Crippen molar-refractivity contribution in [2.24, 2.45) is 0 Å². The predicted octanol–water partition coefficient (Wildman–Crippen LogP) is 2.19. The second-order valence-electron chi connectivity index (χ2n) is 6.15. The third kappa shape index (κ3) is 5.24. The van der Waals surface area contributed by atoms with Gasteiger partial charge in [0.2, 0.25) is 11.8 Å².